The maximum Gasteiger partial charge on any atom is 0.507 e. The first-order chi connectivity index (χ1) is 6.54. The zero-order chi connectivity index (χ0) is 12.6. The second kappa shape index (κ2) is 7.30. The van der Waals surface area contributed by atoms with Crippen molar-refractivity contribution in [1.29, 1.82) is 0 Å². The van der Waals surface area contributed by atoms with Gasteiger partial charge in [-0.25, -0.2) is 4.57 Å². The zero-order valence-corrected chi connectivity index (χ0v) is 8.43. The van der Waals surface area contributed by atoms with Gasteiger partial charge in [0.15, 0.2) is 0 Å². The van der Waals surface area contributed by atoms with E-state index in [4.69, 9.17) is 30.9 Å². The normalized spacial score (nSPS) is 12.3. The number of aliphatic carboxylic acids is 1. The highest BCUT2D eigenvalue weighted by atomic mass is 31.2. The lowest BCUT2D eigenvalue weighted by atomic mass is 10.2. The number of nitrogens with two attached hydrogens (primary N) is 2. The Kier molecular flexibility index (Phi) is 7.98. The highest BCUT2D eigenvalue weighted by Crippen LogP contribution is 2.34. The standard InChI is InChI=1S/C5H10N2O3.FH2O3P/c6-3(5(9)10)1-2-4(7)8;1-5(2,3)4/h3H,1-2,6H2,(H2,7,8)(H,9,10);(H2,2,3,4). The summed E-state index contributed by atoms with van der Waals surface area (Å²) in [6, 6.07) is -0.979. The number of carboxylic acid groups (broad SMARTS) is 1. The van der Waals surface area contributed by atoms with Gasteiger partial charge in [-0.05, 0) is 6.42 Å². The number of carboxylic acids is 1. The van der Waals surface area contributed by atoms with Crippen molar-refractivity contribution in [3.05, 3.63) is 0 Å². The average Bonchev–Trinajstić information content (AvgIpc) is 1.96. The fraction of sp³-hybridized carbons (Fsp3) is 0.600. The first-order valence-corrected chi connectivity index (χ1v) is 5.06. The van der Waals surface area contributed by atoms with E-state index in [1.165, 1.54) is 0 Å². The van der Waals surface area contributed by atoms with E-state index in [1.54, 1.807) is 0 Å². The van der Waals surface area contributed by atoms with Gasteiger partial charge in [0.25, 0.3) is 0 Å². The maximum atomic E-state index is 10.4. The van der Waals surface area contributed by atoms with E-state index in [0.29, 0.717) is 0 Å². The molecular weight excluding hydrogens is 234 g/mol. The molecule has 1 unspecified atom stereocenters. The summed E-state index contributed by atoms with van der Waals surface area (Å²) in [5.74, 6) is -1.64. The molecule has 0 aliphatic carbocycles. The van der Waals surface area contributed by atoms with Crippen molar-refractivity contribution in [1.82, 2.24) is 0 Å². The average molecular weight is 246 g/mol. The largest absolute Gasteiger partial charge is 0.507 e. The molecule has 0 rings (SSSR count). The SMILES string of the molecule is NC(=O)CCC(N)C(=O)O.O=P(O)(O)F. The van der Waals surface area contributed by atoms with E-state index in [2.05, 4.69) is 0 Å². The van der Waals surface area contributed by atoms with Crippen LogP contribution in [0.25, 0.3) is 0 Å². The smallest absolute Gasteiger partial charge is 0.480 e. The molecule has 0 aromatic rings. The molecule has 0 aliphatic heterocycles. The molecule has 8 nitrogen and oxygen atoms in total. The van der Waals surface area contributed by atoms with E-state index in [9.17, 15) is 13.8 Å². The molecule has 0 aromatic carbocycles. The predicted molar refractivity (Wildman–Crippen MR) is 47.2 cm³/mol. The lowest BCUT2D eigenvalue weighted by Gasteiger charge is -2.01. The highest BCUT2D eigenvalue weighted by Gasteiger charge is 2.11. The van der Waals surface area contributed by atoms with E-state index < -0.39 is 25.8 Å². The van der Waals surface area contributed by atoms with Crippen LogP contribution in [0.3, 0.4) is 0 Å². The Morgan fingerprint density at radius 2 is 1.73 bits per heavy atom. The molecule has 0 fully saturated rings. The minimum atomic E-state index is -5.14. The fourth-order valence-corrected chi connectivity index (χ4v) is 0.421. The lowest BCUT2D eigenvalue weighted by Crippen LogP contribution is -2.31. The first-order valence-electron chi connectivity index (χ1n) is 3.56. The Bertz CT molecular complexity index is 258. The molecule has 0 spiro atoms. The third-order valence-electron chi connectivity index (χ3n) is 1.02. The molecule has 7 N–H and O–H groups in total. The topological polar surface area (TPSA) is 164 Å². The molecule has 0 saturated heterocycles. The summed E-state index contributed by atoms with van der Waals surface area (Å²) in [6.45, 7) is 0. The summed E-state index contributed by atoms with van der Waals surface area (Å²) >= 11 is 0. The number of amides is 1. The number of primary amides is 1. The number of hydrogen-bond donors (Lipinski definition) is 5. The zero-order valence-electron chi connectivity index (χ0n) is 7.54. The van der Waals surface area contributed by atoms with Crippen molar-refractivity contribution in [2.45, 2.75) is 18.9 Å². The van der Waals surface area contributed by atoms with Crippen molar-refractivity contribution in [2.75, 3.05) is 0 Å². The van der Waals surface area contributed by atoms with Crippen molar-refractivity contribution < 1.29 is 33.2 Å². The minimum absolute atomic E-state index is 0.0213. The number of carbonyl (C=O) groups excluding carboxylic acids is 1. The third-order valence-corrected chi connectivity index (χ3v) is 1.02. The first kappa shape index (κ1) is 16.4. The molecule has 10 heteroatoms. The summed E-state index contributed by atoms with van der Waals surface area (Å²) in [5, 5.41) is 8.22. The summed E-state index contributed by atoms with van der Waals surface area (Å²) in [4.78, 5) is 34.1. The van der Waals surface area contributed by atoms with Crippen molar-refractivity contribution >= 4 is 19.8 Å². The molecule has 1 atom stereocenters. The van der Waals surface area contributed by atoms with Gasteiger partial charge in [-0.1, -0.05) is 0 Å². The summed E-state index contributed by atoms with van der Waals surface area (Å²) in [5.41, 5.74) is 9.81. The van der Waals surface area contributed by atoms with E-state index >= 15 is 0 Å². The molecule has 0 bridgehead atoms. The summed E-state index contributed by atoms with van der Waals surface area (Å²) in [6.07, 6.45) is 0.123. The van der Waals surface area contributed by atoms with Crippen LogP contribution in [0.2, 0.25) is 0 Å². The van der Waals surface area contributed by atoms with Crippen LogP contribution in [0, 0.1) is 0 Å². The number of hydrogen-bond acceptors (Lipinski definition) is 4. The van der Waals surface area contributed by atoms with E-state index in [-0.39, 0.29) is 12.8 Å². The summed E-state index contributed by atoms with van der Waals surface area (Å²) < 4.78 is 19.0. The molecule has 0 aromatic heterocycles. The molecular formula is C5H12FN2O6P. The van der Waals surface area contributed by atoms with Crippen LogP contribution in [-0.4, -0.2) is 32.8 Å². The highest BCUT2D eigenvalue weighted by molar-refractivity contribution is 7.45. The van der Waals surface area contributed by atoms with Gasteiger partial charge in [-0.15, -0.1) is 4.20 Å². The van der Waals surface area contributed by atoms with Gasteiger partial charge in [0, 0.05) is 6.42 Å². The Morgan fingerprint density at radius 1 is 1.40 bits per heavy atom. The second-order valence-corrected chi connectivity index (χ2v) is 3.37. The second-order valence-electron chi connectivity index (χ2n) is 2.42. The Labute approximate surface area is 84.3 Å². The quantitative estimate of drug-likeness (QED) is 0.385. The van der Waals surface area contributed by atoms with Crippen LogP contribution < -0.4 is 11.5 Å². The monoisotopic (exact) mass is 246 g/mol. The van der Waals surface area contributed by atoms with E-state index in [0.717, 1.165) is 0 Å². The summed E-state index contributed by atoms with van der Waals surface area (Å²) in [7, 11) is -5.14. The molecule has 0 radical (unpaired) electrons. The van der Waals surface area contributed by atoms with Gasteiger partial charge in [-0.2, -0.15) is 0 Å². The van der Waals surface area contributed by atoms with E-state index in [1.807, 2.05) is 0 Å². The lowest BCUT2D eigenvalue weighted by molar-refractivity contribution is -0.138. The Balaban J connectivity index is 0. The maximum absolute atomic E-state index is 10.4. The van der Waals surface area contributed by atoms with Crippen molar-refractivity contribution in [3.63, 3.8) is 0 Å². The number of rotatable bonds is 4. The molecule has 0 saturated carbocycles. The van der Waals surface area contributed by atoms with Gasteiger partial charge in [-0.3, -0.25) is 19.4 Å². The molecule has 1 amide bonds. The molecule has 90 valence electrons. The number of carbonyl (C=O) groups is 2. The minimum Gasteiger partial charge on any atom is -0.480 e. The van der Waals surface area contributed by atoms with Crippen LogP contribution >= 0.6 is 7.91 Å². The van der Waals surface area contributed by atoms with Crippen molar-refractivity contribution in [3.8, 4) is 0 Å². The molecule has 0 aliphatic rings. The molecule has 15 heavy (non-hydrogen) atoms. The van der Waals surface area contributed by atoms with Crippen LogP contribution in [0.5, 0.6) is 0 Å². The van der Waals surface area contributed by atoms with Gasteiger partial charge >= 0.3 is 13.9 Å². The van der Waals surface area contributed by atoms with Gasteiger partial charge in [0.2, 0.25) is 5.91 Å². The predicted octanol–water partition coefficient (Wildman–Crippen LogP) is -1.29. The van der Waals surface area contributed by atoms with Gasteiger partial charge < -0.3 is 16.6 Å². The number of halogens is 1. The Hall–Kier alpha value is -1.02. The van der Waals surface area contributed by atoms with Crippen molar-refractivity contribution in [2.24, 2.45) is 11.5 Å². The van der Waals surface area contributed by atoms with Gasteiger partial charge in [0.1, 0.15) is 6.04 Å². The fourth-order valence-electron chi connectivity index (χ4n) is 0.421. The van der Waals surface area contributed by atoms with Crippen LogP contribution in [0.1, 0.15) is 12.8 Å². The Morgan fingerprint density at radius 3 is 1.93 bits per heavy atom. The van der Waals surface area contributed by atoms with Crippen LogP contribution in [-0.2, 0) is 14.2 Å². The van der Waals surface area contributed by atoms with Gasteiger partial charge in [0.05, 0.1) is 0 Å². The molecule has 0 heterocycles. The van der Waals surface area contributed by atoms with Crippen LogP contribution in [0.15, 0.2) is 0 Å². The van der Waals surface area contributed by atoms with Crippen LogP contribution in [0.4, 0.5) is 4.20 Å². The third kappa shape index (κ3) is 24.6.